The minimum Gasteiger partial charge on any atom is -0.491 e. The monoisotopic (exact) mass is 369 g/mol. The second kappa shape index (κ2) is 8.03. The molecular formula is C21H23NO5. The van der Waals surface area contributed by atoms with Gasteiger partial charge in [-0.25, -0.2) is 4.79 Å². The van der Waals surface area contributed by atoms with E-state index in [9.17, 15) is 4.79 Å². The van der Waals surface area contributed by atoms with Gasteiger partial charge in [0.25, 0.3) is 0 Å². The number of fused-ring (bicyclic) bond motifs is 1. The molecule has 1 atom stereocenters. The van der Waals surface area contributed by atoms with E-state index in [1.54, 1.807) is 6.92 Å². The molecule has 0 aliphatic heterocycles. The predicted molar refractivity (Wildman–Crippen MR) is 102 cm³/mol. The highest BCUT2D eigenvalue weighted by Gasteiger charge is 2.13. The summed E-state index contributed by atoms with van der Waals surface area (Å²) in [6, 6.07) is 14.8. The van der Waals surface area contributed by atoms with E-state index < -0.39 is 12.1 Å². The summed E-state index contributed by atoms with van der Waals surface area (Å²) in [7, 11) is 0. The number of hydrogen-bond acceptors (Lipinski definition) is 4. The fourth-order valence-corrected chi connectivity index (χ4v) is 2.71. The van der Waals surface area contributed by atoms with Crippen LogP contribution in [0.5, 0.6) is 11.5 Å². The summed E-state index contributed by atoms with van der Waals surface area (Å²) in [5, 5.41) is 12.1. The Kier molecular flexibility index (Phi) is 5.54. The third-order valence-electron chi connectivity index (χ3n) is 3.97. The Balaban J connectivity index is 1.66. The van der Waals surface area contributed by atoms with Gasteiger partial charge in [0.05, 0.1) is 12.1 Å². The normalized spacial score (nSPS) is 12.1. The molecular weight excluding hydrogens is 346 g/mol. The first-order valence-corrected chi connectivity index (χ1v) is 8.82. The number of ether oxygens (including phenoxy) is 2. The highest BCUT2D eigenvalue weighted by atomic mass is 16.5. The molecule has 0 bridgehead atoms. The number of nitrogens with one attached hydrogen (secondary N) is 1. The van der Waals surface area contributed by atoms with Gasteiger partial charge in [-0.05, 0) is 62.7 Å². The molecule has 0 radical (unpaired) electrons. The molecule has 1 amide bonds. The molecule has 3 aromatic rings. The van der Waals surface area contributed by atoms with Crippen LogP contribution in [0, 0.1) is 0 Å². The van der Waals surface area contributed by atoms with E-state index >= 15 is 0 Å². The van der Waals surface area contributed by atoms with E-state index in [2.05, 4.69) is 5.32 Å². The number of carbonyl (C=O) groups is 1. The summed E-state index contributed by atoms with van der Waals surface area (Å²) in [4.78, 5) is 10.8. The SMILES string of the molecule is CC(C)Oc1ccc(OCc2ccc3cc(C(C)NC(=O)O)oc3c2)cc1. The first-order valence-electron chi connectivity index (χ1n) is 8.82. The van der Waals surface area contributed by atoms with Gasteiger partial charge in [-0.3, -0.25) is 0 Å². The van der Waals surface area contributed by atoms with Crippen LogP contribution in [0.2, 0.25) is 0 Å². The minimum atomic E-state index is -1.08. The average molecular weight is 369 g/mol. The molecule has 142 valence electrons. The molecule has 6 nitrogen and oxygen atoms in total. The Labute approximate surface area is 157 Å². The lowest BCUT2D eigenvalue weighted by Gasteiger charge is -2.11. The molecule has 2 aromatic carbocycles. The number of carboxylic acid groups (broad SMARTS) is 1. The molecule has 1 unspecified atom stereocenters. The van der Waals surface area contributed by atoms with Crippen molar-refractivity contribution in [3.8, 4) is 11.5 Å². The molecule has 6 heteroatoms. The fourth-order valence-electron chi connectivity index (χ4n) is 2.71. The topological polar surface area (TPSA) is 80.9 Å². The largest absolute Gasteiger partial charge is 0.491 e. The van der Waals surface area contributed by atoms with Crippen LogP contribution in [-0.2, 0) is 6.61 Å². The van der Waals surface area contributed by atoms with Crippen molar-refractivity contribution in [3.63, 3.8) is 0 Å². The van der Waals surface area contributed by atoms with Crippen molar-refractivity contribution in [2.45, 2.75) is 39.5 Å². The van der Waals surface area contributed by atoms with Crippen molar-refractivity contribution < 1.29 is 23.8 Å². The van der Waals surface area contributed by atoms with E-state index in [1.807, 2.05) is 62.4 Å². The molecule has 3 rings (SSSR count). The lowest BCUT2D eigenvalue weighted by Crippen LogP contribution is -2.23. The zero-order valence-corrected chi connectivity index (χ0v) is 15.6. The van der Waals surface area contributed by atoms with Crippen molar-refractivity contribution in [2.75, 3.05) is 0 Å². The van der Waals surface area contributed by atoms with Gasteiger partial charge in [0.2, 0.25) is 0 Å². The third-order valence-corrected chi connectivity index (χ3v) is 3.97. The van der Waals surface area contributed by atoms with Gasteiger partial charge in [0, 0.05) is 5.39 Å². The summed E-state index contributed by atoms with van der Waals surface area (Å²) in [6.45, 7) is 6.11. The number of rotatable bonds is 7. The van der Waals surface area contributed by atoms with Crippen molar-refractivity contribution >= 4 is 17.1 Å². The van der Waals surface area contributed by atoms with Gasteiger partial charge in [-0.15, -0.1) is 0 Å². The first kappa shape index (κ1) is 18.6. The Hall–Kier alpha value is -3.15. The number of furan rings is 1. The lowest BCUT2D eigenvalue weighted by molar-refractivity contribution is 0.189. The van der Waals surface area contributed by atoms with Gasteiger partial charge in [0.1, 0.15) is 29.4 Å². The first-order chi connectivity index (χ1) is 12.9. The smallest absolute Gasteiger partial charge is 0.405 e. The Bertz CT molecular complexity index is 914. The maximum atomic E-state index is 10.8. The van der Waals surface area contributed by atoms with Crippen LogP contribution in [0.25, 0.3) is 11.0 Å². The Morgan fingerprint density at radius 3 is 2.44 bits per heavy atom. The molecule has 2 N–H and O–H groups in total. The standard InChI is InChI=1S/C21H23NO5/c1-13(2)26-18-8-6-17(7-9-18)25-12-15-4-5-16-11-19(27-20(16)10-15)14(3)22-21(23)24/h4-11,13-14,22H,12H2,1-3H3,(H,23,24). The molecule has 0 spiro atoms. The quantitative estimate of drug-likeness (QED) is 0.603. The summed E-state index contributed by atoms with van der Waals surface area (Å²) in [5.74, 6) is 2.14. The number of benzene rings is 2. The maximum Gasteiger partial charge on any atom is 0.405 e. The van der Waals surface area contributed by atoms with Crippen LogP contribution in [0.1, 0.15) is 38.1 Å². The molecule has 1 aromatic heterocycles. The molecule has 0 aliphatic carbocycles. The average Bonchev–Trinajstić information content (AvgIpc) is 3.03. The number of amides is 1. The minimum absolute atomic E-state index is 0.134. The van der Waals surface area contributed by atoms with Crippen molar-refractivity contribution in [3.05, 3.63) is 59.9 Å². The molecule has 1 heterocycles. The van der Waals surface area contributed by atoms with Crippen molar-refractivity contribution in [2.24, 2.45) is 0 Å². The van der Waals surface area contributed by atoms with E-state index in [0.717, 1.165) is 22.4 Å². The van der Waals surface area contributed by atoms with E-state index in [1.165, 1.54) is 0 Å². The van der Waals surface area contributed by atoms with Gasteiger partial charge in [-0.2, -0.15) is 0 Å². The van der Waals surface area contributed by atoms with Crippen molar-refractivity contribution in [1.29, 1.82) is 0 Å². The van der Waals surface area contributed by atoms with Gasteiger partial charge >= 0.3 is 6.09 Å². The molecule has 0 saturated carbocycles. The van der Waals surface area contributed by atoms with E-state index in [-0.39, 0.29) is 6.10 Å². The second-order valence-electron chi connectivity index (χ2n) is 6.62. The van der Waals surface area contributed by atoms with Crippen LogP contribution in [0.15, 0.2) is 52.9 Å². The van der Waals surface area contributed by atoms with E-state index in [4.69, 9.17) is 19.0 Å². The van der Waals surface area contributed by atoms with Crippen molar-refractivity contribution in [1.82, 2.24) is 5.32 Å². The van der Waals surface area contributed by atoms with E-state index in [0.29, 0.717) is 18.0 Å². The summed E-state index contributed by atoms with van der Waals surface area (Å²) in [6.07, 6.45) is -0.947. The zero-order chi connectivity index (χ0) is 19.4. The molecule has 0 aliphatic rings. The Morgan fingerprint density at radius 1 is 1.07 bits per heavy atom. The lowest BCUT2D eigenvalue weighted by atomic mass is 10.1. The third kappa shape index (κ3) is 4.94. The fraction of sp³-hybridized carbons (Fsp3) is 0.286. The molecule has 0 fully saturated rings. The highest BCUT2D eigenvalue weighted by Crippen LogP contribution is 2.26. The summed E-state index contributed by atoms with van der Waals surface area (Å²) >= 11 is 0. The number of hydrogen-bond donors (Lipinski definition) is 2. The Morgan fingerprint density at radius 2 is 1.78 bits per heavy atom. The van der Waals surface area contributed by atoms with Gasteiger partial charge in [0.15, 0.2) is 0 Å². The van der Waals surface area contributed by atoms with Gasteiger partial charge in [-0.1, -0.05) is 12.1 Å². The predicted octanol–water partition coefficient (Wildman–Crippen LogP) is 5.13. The second-order valence-corrected chi connectivity index (χ2v) is 6.62. The van der Waals surface area contributed by atoms with Crippen LogP contribution in [0.4, 0.5) is 4.79 Å². The molecule has 27 heavy (non-hydrogen) atoms. The summed E-state index contributed by atoms with van der Waals surface area (Å²) < 4.78 is 17.2. The molecule has 0 saturated heterocycles. The van der Waals surface area contributed by atoms with Gasteiger partial charge < -0.3 is 24.3 Å². The highest BCUT2D eigenvalue weighted by molar-refractivity contribution is 5.79. The summed E-state index contributed by atoms with van der Waals surface area (Å²) in [5.41, 5.74) is 1.66. The van der Waals surface area contributed by atoms with Crippen LogP contribution in [-0.4, -0.2) is 17.3 Å². The van der Waals surface area contributed by atoms with Crippen LogP contribution >= 0.6 is 0 Å². The van der Waals surface area contributed by atoms with Crippen LogP contribution < -0.4 is 14.8 Å². The van der Waals surface area contributed by atoms with Crippen LogP contribution in [0.3, 0.4) is 0 Å². The maximum absolute atomic E-state index is 10.8. The zero-order valence-electron chi connectivity index (χ0n) is 15.6.